The maximum atomic E-state index is 12.4. The van der Waals surface area contributed by atoms with Crippen molar-refractivity contribution in [2.24, 2.45) is 5.92 Å². The summed E-state index contributed by atoms with van der Waals surface area (Å²) in [5.74, 6) is 0.162. The predicted molar refractivity (Wildman–Crippen MR) is 107 cm³/mol. The highest BCUT2D eigenvalue weighted by atomic mass is 16.5. The molecule has 2 aromatic carbocycles. The van der Waals surface area contributed by atoms with Crippen molar-refractivity contribution < 1.29 is 14.1 Å². The molecular weight excluding hydrogens is 354 g/mol. The molecule has 6 nitrogen and oxygen atoms in total. The molecule has 0 aliphatic heterocycles. The lowest BCUT2D eigenvalue weighted by Gasteiger charge is -2.05. The van der Waals surface area contributed by atoms with Crippen LogP contribution in [0.5, 0.6) is 0 Å². The van der Waals surface area contributed by atoms with E-state index in [9.17, 15) is 9.59 Å². The standard InChI is InChI=1S/C22H21N3O3/c1-2-14-3-5-15(6-4-14)19-13-20(28-25-19)24-22(27)17-9-11-18(12-10-17)23-21(26)16-7-8-16/h3-6,9-13,16H,2,7-8H2,1H3,(H,23,26)(H,24,27). The molecule has 6 heteroatoms. The number of anilines is 2. The van der Waals surface area contributed by atoms with Crippen LogP contribution >= 0.6 is 0 Å². The first kappa shape index (κ1) is 18.0. The molecule has 0 radical (unpaired) electrons. The van der Waals surface area contributed by atoms with Crippen molar-refractivity contribution in [3.05, 3.63) is 65.7 Å². The van der Waals surface area contributed by atoms with Crippen molar-refractivity contribution in [3.8, 4) is 11.3 Å². The summed E-state index contributed by atoms with van der Waals surface area (Å²) >= 11 is 0. The summed E-state index contributed by atoms with van der Waals surface area (Å²) < 4.78 is 5.24. The van der Waals surface area contributed by atoms with Gasteiger partial charge in [0, 0.05) is 28.8 Å². The Morgan fingerprint density at radius 3 is 2.39 bits per heavy atom. The molecular formula is C22H21N3O3. The highest BCUT2D eigenvalue weighted by Gasteiger charge is 2.29. The number of amides is 2. The van der Waals surface area contributed by atoms with Gasteiger partial charge in [-0.25, -0.2) is 0 Å². The molecule has 1 saturated carbocycles. The lowest BCUT2D eigenvalue weighted by Crippen LogP contribution is -2.14. The van der Waals surface area contributed by atoms with Crippen LogP contribution in [0.4, 0.5) is 11.6 Å². The maximum Gasteiger partial charge on any atom is 0.258 e. The lowest BCUT2D eigenvalue weighted by molar-refractivity contribution is -0.117. The van der Waals surface area contributed by atoms with Crippen LogP contribution in [0.3, 0.4) is 0 Å². The number of carbonyl (C=O) groups excluding carboxylic acids is 2. The minimum absolute atomic E-state index is 0.0401. The molecule has 1 aromatic heterocycles. The van der Waals surface area contributed by atoms with Crippen LogP contribution in [-0.4, -0.2) is 17.0 Å². The molecule has 2 N–H and O–H groups in total. The second-order valence-corrected chi connectivity index (χ2v) is 6.92. The molecule has 1 fully saturated rings. The van der Waals surface area contributed by atoms with Crippen molar-refractivity contribution in [1.82, 2.24) is 5.16 Å². The van der Waals surface area contributed by atoms with Gasteiger partial charge in [0.2, 0.25) is 11.8 Å². The average Bonchev–Trinajstić information content (AvgIpc) is 3.48. The third kappa shape index (κ3) is 4.11. The van der Waals surface area contributed by atoms with Crippen LogP contribution in [0.2, 0.25) is 0 Å². The Labute approximate surface area is 162 Å². The summed E-state index contributed by atoms with van der Waals surface area (Å²) in [7, 11) is 0. The van der Waals surface area contributed by atoms with Gasteiger partial charge < -0.3 is 9.84 Å². The van der Waals surface area contributed by atoms with E-state index in [1.807, 2.05) is 24.3 Å². The van der Waals surface area contributed by atoms with Crippen molar-refractivity contribution in [1.29, 1.82) is 0 Å². The molecule has 4 rings (SSSR count). The van der Waals surface area contributed by atoms with Gasteiger partial charge in [-0.1, -0.05) is 36.3 Å². The molecule has 0 bridgehead atoms. The Balaban J connectivity index is 1.39. The van der Waals surface area contributed by atoms with Crippen LogP contribution in [0, 0.1) is 5.92 Å². The van der Waals surface area contributed by atoms with E-state index in [0.29, 0.717) is 16.9 Å². The van der Waals surface area contributed by atoms with Crippen LogP contribution in [0.15, 0.2) is 59.1 Å². The smallest absolute Gasteiger partial charge is 0.258 e. The van der Waals surface area contributed by atoms with Crippen molar-refractivity contribution >= 4 is 23.4 Å². The maximum absolute atomic E-state index is 12.4. The van der Waals surface area contributed by atoms with E-state index in [1.54, 1.807) is 30.3 Å². The average molecular weight is 375 g/mol. The fourth-order valence-electron chi connectivity index (χ4n) is 2.86. The van der Waals surface area contributed by atoms with Gasteiger partial charge in [0.15, 0.2) is 0 Å². The second kappa shape index (κ2) is 7.68. The summed E-state index contributed by atoms with van der Waals surface area (Å²) in [5, 5.41) is 9.57. The topological polar surface area (TPSA) is 84.2 Å². The molecule has 1 heterocycles. The fraction of sp³-hybridized carbons (Fsp3) is 0.227. The van der Waals surface area contributed by atoms with Gasteiger partial charge in [0.1, 0.15) is 5.69 Å². The quantitative estimate of drug-likeness (QED) is 0.664. The van der Waals surface area contributed by atoms with Crippen molar-refractivity contribution in [2.75, 3.05) is 10.6 Å². The van der Waals surface area contributed by atoms with E-state index < -0.39 is 0 Å². The zero-order chi connectivity index (χ0) is 19.5. The third-order valence-electron chi connectivity index (χ3n) is 4.77. The first-order chi connectivity index (χ1) is 13.6. The predicted octanol–water partition coefficient (Wildman–Crippen LogP) is 4.50. The summed E-state index contributed by atoms with van der Waals surface area (Å²) in [5.41, 5.74) is 3.99. The van der Waals surface area contributed by atoms with E-state index >= 15 is 0 Å². The first-order valence-electron chi connectivity index (χ1n) is 9.40. The number of aromatic nitrogens is 1. The normalized spacial score (nSPS) is 13.2. The first-order valence-corrected chi connectivity index (χ1v) is 9.40. The van der Waals surface area contributed by atoms with Gasteiger partial charge in [-0.2, -0.15) is 0 Å². The van der Waals surface area contributed by atoms with Gasteiger partial charge >= 0.3 is 0 Å². The van der Waals surface area contributed by atoms with Crippen LogP contribution < -0.4 is 10.6 Å². The monoisotopic (exact) mass is 375 g/mol. The van der Waals surface area contributed by atoms with E-state index in [1.165, 1.54) is 5.56 Å². The van der Waals surface area contributed by atoms with E-state index in [2.05, 4.69) is 22.7 Å². The van der Waals surface area contributed by atoms with Crippen molar-refractivity contribution in [2.45, 2.75) is 26.2 Å². The zero-order valence-corrected chi connectivity index (χ0v) is 15.6. The number of hydrogen-bond donors (Lipinski definition) is 2. The number of benzene rings is 2. The molecule has 1 aliphatic carbocycles. The zero-order valence-electron chi connectivity index (χ0n) is 15.6. The summed E-state index contributed by atoms with van der Waals surface area (Å²) in [6, 6.07) is 16.5. The molecule has 0 spiro atoms. The number of nitrogens with zero attached hydrogens (tertiary/aromatic N) is 1. The number of rotatable bonds is 6. The van der Waals surface area contributed by atoms with E-state index in [-0.39, 0.29) is 23.6 Å². The Bertz CT molecular complexity index is 987. The van der Waals surface area contributed by atoms with Gasteiger partial charge in [0.25, 0.3) is 5.91 Å². The molecule has 142 valence electrons. The van der Waals surface area contributed by atoms with E-state index in [4.69, 9.17) is 4.52 Å². The minimum atomic E-state index is -0.302. The van der Waals surface area contributed by atoms with Crippen LogP contribution in [-0.2, 0) is 11.2 Å². The van der Waals surface area contributed by atoms with Crippen LogP contribution in [0.1, 0.15) is 35.7 Å². The summed E-state index contributed by atoms with van der Waals surface area (Å²) in [4.78, 5) is 24.2. The molecule has 3 aromatic rings. The number of hydrogen-bond acceptors (Lipinski definition) is 4. The number of carbonyl (C=O) groups is 2. The van der Waals surface area contributed by atoms with Gasteiger partial charge in [-0.3, -0.25) is 14.9 Å². The van der Waals surface area contributed by atoms with Gasteiger partial charge in [-0.15, -0.1) is 0 Å². The molecule has 0 unspecified atom stereocenters. The fourth-order valence-corrected chi connectivity index (χ4v) is 2.86. The molecule has 1 aliphatic rings. The minimum Gasteiger partial charge on any atom is -0.338 e. The summed E-state index contributed by atoms with van der Waals surface area (Å²) in [6.45, 7) is 2.10. The number of aryl methyl sites for hydroxylation is 1. The number of nitrogens with one attached hydrogen (secondary N) is 2. The SMILES string of the molecule is CCc1ccc(-c2cc(NC(=O)c3ccc(NC(=O)C4CC4)cc3)on2)cc1. The molecule has 2 amide bonds. The Morgan fingerprint density at radius 1 is 1.04 bits per heavy atom. The van der Waals surface area contributed by atoms with Gasteiger partial charge in [-0.05, 0) is 49.1 Å². The summed E-state index contributed by atoms with van der Waals surface area (Å²) in [6.07, 6.45) is 2.88. The molecule has 0 atom stereocenters. The Kier molecular flexibility index (Phi) is 4.93. The largest absolute Gasteiger partial charge is 0.338 e. The third-order valence-corrected chi connectivity index (χ3v) is 4.77. The Morgan fingerprint density at radius 2 is 1.75 bits per heavy atom. The lowest BCUT2D eigenvalue weighted by atomic mass is 10.1. The highest BCUT2D eigenvalue weighted by molar-refractivity contribution is 6.04. The van der Waals surface area contributed by atoms with Gasteiger partial charge in [0.05, 0.1) is 0 Å². The molecule has 0 saturated heterocycles. The van der Waals surface area contributed by atoms with Crippen molar-refractivity contribution in [3.63, 3.8) is 0 Å². The van der Waals surface area contributed by atoms with Crippen LogP contribution in [0.25, 0.3) is 11.3 Å². The van der Waals surface area contributed by atoms with E-state index in [0.717, 1.165) is 24.8 Å². The highest BCUT2D eigenvalue weighted by Crippen LogP contribution is 2.30. The molecule has 28 heavy (non-hydrogen) atoms. The second-order valence-electron chi connectivity index (χ2n) is 6.92. The Hall–Kier alpha value is -3.41.